The summed E-state index contributed by atoms with van der Waals surface area (Å²) in [5.74, 6) is 1.77. The topological polar surface area (TPSA) is 98.0 Å². The van der Waals surface area contributed by atoms with Crippen LogP contribution in [-0.2, 0) is 4.79 Å². The van der Waals surface area contributed by atoms with E-state index in [1.807, 2.05) is 56.3 Å². The van der Waals surface area contributed by atoms with E-state index in [9.17, 15) is 10.1 Å². The predicted molar refractivity (Wildman–Crippen MR) is 127 cm³/mol. The molecule has 8 nitrogen and oxygen atoms in total. The molecule has 8 heteroatoms. The van der Waals surface area contributed by atoms with E-state index in [2.05, 4.69) is 38.4 Å². The Kier molecular flexibility index (Phi) is 4.93. The summed E-state index contributed by atoms with van der Waals surface area (Å²) in [4.78, 5) is 21.2. The number of pyridine rings is 1. The van der Waals surface area contributed by atoms with Crippen LogP contribution in [-0.4, -0.2) is 52.7 Å². The van der Waals surface area contributed by atoms with Gasteiger partial charge >= 0.3 is 0 Å². The summed E-state index contributed by atoms with van der Waals surface area (Å²) in [7, 11) is 1.88. The van der Waals surface area contributed by atoms with Gasteiger partial charge in [0, 0.05) is 43.7 Å². The van der Waals surface area contributed by atoms with E-state index in [0.29, 0.717) is 24.5 Å². The molecule has 2 aliphatic heterocycles. The molecule has 0 unspecified atom stereocenters. The maximum absolute atomic E-state index is 12.6. The van der Waals surface area contributed by atoms with Gasteiger partial charge in [-0.3, -0.25) is 4.79 Å². The molecule has 4 heterocycles. The highest BCUT2D eigenvalue weighted by Gasteiger charge is 2.54. The molecule has 5 rings (SSSR count). The van der Waals surface area contributed by atoms with Crippen molar-refractivity contribution in [1.29, 1.82) is 5.26 Å². The Hall–Kier alpha value is -3.73. The number of rotatable bonds is 4. The molecule has 1 spiro atoms. The average Bonchev–Trinajstić information content (AvgIpc) is 3.09. The number of anilines is 2. The lowest BCUT2D eigenvalue weighted by Gasteiger charge is -2.47. The SMILES string of the molecule is Cc1c(C#N)cccc1[C@@H](C)Nc1nnc(C)c2cnc(N3CC4(CCN(C)C4=O)C3)cc12. The van der Waals surface area contributed by atoms with Gasteiger partial charge in [0.25, 0.3) is 0 Å². The van der Waals surface area contributed by atoms with Crippen LogP contribution in [0.15, 0.2) is 30.5 Å². The number of nitrogens with one attached hydrogen (secondary N) is 1. The lowest BCUT2D eigenvalue weighted by Crippen LogP contribution is -2.60. The zero-order chi connectivity index (χ0) is 23.3. The van der Waals surface area contributed by atoms with Gasteiger partial charge < -0.3 is 15.1 Å². The largest absolute Gasteiger partial charge is 0.362 e. The standard InChI is InChI=1S/C25H27N7O/c1-15-18(11-26)6-5-7-19(15)16(2)28-23-20-10-22(27-12-21(20)17(3)29-30-23)32-13-25(14-32)8-9-31(4)24(25)33/h5-7,10,12,16H,8-9,13-14H2,1-4H3,(H,28,30)/t16-/m1/s1. The molecule has 33 heavy (non-hydrogen) atoms. The summed E-state index contributed by atoms with van der Waals surface area (Å²) >= 11 is 0. The Morgan fingerprint density at radius 2 is 2.00 bits per heavy atom. The van der Waals surface area contributed by atoms with E-state index in [4.69, 9.17) is 0 Å². The van der Waals surface area contributed by atoms with Gasteiger partial charge in [-0.25, -0.2) is 4.98 Å². The molecule has 1 aromatic carbocycles. The van der Waals surface area contributed by atoms with Crippen molar-refractivity contribution in [2.24, 2.45) is 5.41 Å². The Morgan fingerprint density at radius 3 is 2.70 bits per heavy atom. The van der Waals surface area contributed by atoms with Gasteiger partial charge in [0.05, 0.1) is 28.8 Å². The Labute approximate surface area is 193 Å². The highest BCUT2D eigenvalue weighted by atomic mass is 16.2. The van der Waals surface area contributed by atoms with Gasteiger partial charge in [0.15, 0.2) is 5.82 Å². The van der Waals surface area contributed by atoms with E-state index in [1.54, 1.807) is 0 Å². The summed E-state index contributed by atoms with van der Waals surface area (Å²) in [6, 6.07) is 10.00. The fourth-order valence-electron chi connectivity index (χ4n) is 5.10. The second kappa shape index (κ2) is 7.69. The van der Waals surface area contributed by atoms with Crippen molar-refractivity contribution in [3.05, 3.63) is 52.8 Å². The van der Waals surface area contributed by atoms with E-state index >= 15 is 0 Å². The number of aromatic nitrogens is 3. The second-order valence-electron chi connectivity index (χ2n) is 9.33. The van der Waals surface area contributed by atoms with Crippen LogP contribution in [0.4, 0.5) is 11.6 Å². The summed E-state index contributed by atoms with van der Waals surface area (Å²) in [6.07, 6.45) is 2.75. The van der Waals surface area contributed by atoms with Gasteiger partial charge in [-0.15, -0.1) is 5.10 Å². The van der Waals surface area contributed by atoms with Crippen LogP contribution in [0.1, 0.15) is 41.8 Å². The third-order valence-corrected chi connectivity index (χ3v) is 7.19. The van der Waals surface area contributed by atoms with E-state index in [1.165, 1.54) is 0 Å². The van der Waals surface area contributed by atoms with Crippen LogP contribution in [0.25, 0.3) is 10.8 Å². The van der Waals surface area contributed by atoms with Crippen LogP contribution in [0.3, 0.4) is 0 Å². The van der Waals surface area contributed by atoms with Crippen molar-refractivity contribution in [2.75, 3.05) is 36.9 Å². The van der Waals surface area contributed by atoms with Gasteiger partial charge in [-0.05, 0) is 50.5 Å². The Bertz CT molecular complexity index is 1310. The Morgan fingerprint density at radius 1 is 1.21 bits per heavy atom. The van der Waals surface area contributed by atoms with Gasteiger partial charge in [0.1, 0.15) is 5.82 Å². The van der Waals surface area contributed by atoms with Crippen molar-refractivity contribution >= 4 is 28.3 Å². The number of nitrogens with zero attached hydrogens (tertiary/aromatic N) is 6. The number of carbonyl (C=O) groups is 1. The third-order valence-electron chi connectivity index (χ3n) is 7.19. The van der Waals surface area contributed by atoms with Crippen LogP contribution in [0.5, 0.6) is 0 Å². The molecule has 1 atom stereocenters. The first-order valence-electron chi connectivity index (χ1n) is 11.2. The fourth-order valence-corrected chi connectivity index (χ4v) is 5.10. The lowest BCUT2D eigenvalue weighted by atomic mass is 9.78. The molecule has 2 aromatic heterocycles. The minimum absolute atomic E-state index is 0.0611. The maximum Gasteiger partial charge on any atom is 0.232 e. The molecular weight excluding hydrogens is 414 g/mol. The van der Waals surface area contributed by atoms with Crippen molar-refractivity contribution in [3.8, 4) is 6.07 Å². The second-order valence-corrected chi connectivity index (χ2v) is 9.33. The van der Waals surface area contributed by atoms with Gasteiger partial charge in [-0.1, -0.05) is 12.1 Å². The molecule has 3 aromatic rings. The van der Waals surface area contributed by atoms with Crippen LogP contribution in [0.2, 0.25) is 0 Å². The molecule has 0 bridgehead atoms. The minimum atomic E-state index is -0.253. The highest BCUT2D eigenvalue weighted by Crippen LogP contribution is 2.42. The molecule has 0 radical (unpaired) electrons. The van der Waals surface area contributed by atoms with Crippen LogP contribution >= 0.6 is 0 Å². The molecule has 2 aliphatic rings. The van der Waals surface area contributed by atoms with Crippen LogP contribution in [0, 0.1) is 30.6 Å². The van der Waals surface area contributed by atoms with Gasteiger partial charge in [-0.2, -0.15) is 10.4 Å². The smallest absolute Gasteiger partial charge is 0.232 e. The summed E-state index contributed by atoms with van der Waals surface area (Å²) in [5, 5.41) is 23.5. The van der Waals surface area contributed by atoms with Crippen molar-refractivity contribution in [3.63, 3.8) is 0 Å². The van der Waals surface area contributed by atoms with E-state index in [0.717, 1.165) is 46.4 Å². The third kappa shape index (κ3) is 3.35. The maximum atomic E-state index is 12.6. The van der Waals surface area contributed by atoms with Crippen LogP contribution < -0.4 is 10.2 Å². The number of likely N-dealkylation sites (tertiary alicyclic amines) is 1. The first-order chi connectivity index (χ1) is 15.8. The molecule has 2 saturated heterocycles. The number of nitriles is 1. The number of fused-ring (bicyclic) bond motifs is 1. The van der Waals surface area contributed by atoms with Crippen molar-refractivity contribution in [1.82, 2.24) is 20.1 Å². The van der Waals surface area contributed by atoms with Gasteiger partial charge in [0.2, 0.25) is 5.91 Å². The number of amides is 1. The minimum Gasteiger partial charge on any atom is -0.362 e. The zero-order valence-corrected chi connectivity index (χ0v) is 19.4. The zero-order valence-electron chi connectivity index (χ0n) is 19.4. The first kappa shape index (κ1) is 21.1. The molecular formula is C25H27N7O. The summed E-state index contributed by atoms with van der Waals surface area (Å²) in [6.45, 7) is 8.17. The van der Waals surface area contributed by atoms with E-state index < -0.39 is 0 Å². The quantitative estimate of drug-likeness (QED) is 0.663. The van der Waals surface area contributed by atoms with Crippen molar-refractivity contribution in [2.45, 2.75) is 33.2 Å². The molecule has 1 amide bonds. The summed E-state index contributed by atoms with van der Waals surface area (Å²) < 4.78 is 0. The summed E-state index contributed by atoms with van der Waals surface area (Å²) in [5.41, 5.74) is 3.25. The van der Waals surface area contributed by atoms with E-state index in [-0.39, 0.29) is 17.4 Å². The number of benzene rings is 1. The molecule has 0 aliphatic carbocycles. The normalized spacial score (nSPS) is 17.8. The number of hydrogen-bond donors (Lipinski definition) is 1. The highest BCUT2D eigenvalue weighted by molar-refractivity contribution is 5.95. The lowest BCUT2D eigenvalue weighted by molar-refractivity contribution is -0.136. The monoisotopic (exact) mass is 441 g/mol. The Balaban J connectivity index is 1.45. The fraction of sp³-hybridized carbons (Fsp3) is 0.400. The molecule has 1 N–H and O–H groups in total. The number of hydrogen-bond acceptors (Lipinski definition) is 7. The first-order valence-corrected chi connectivity index (χ1v) is 11.2. The molecule has 2 fully saturated rings. The predicted octanol–water partition coefficient (Wildman–Crippen LogP) is 3.35. The number of carbonyl (C=O) groups excluding carboxylic acids is 1. The molecule has 168 valence electrons. The average molecular weight is 442 g/mol. The number of aryl methyl sites for hydroxylation is 1. The molecule has 0 saturated carbocycles. The van der Waals surface area contributed by atoms with Crippen molar-refractivity contribution < 1.29 is 4.79 Å².